The Morgan fingerprint density at radius 1 is 1.44 bits per heavy atom. The molecule has 92 valence electrons. The Hall–Kier alpha value is -1.81. The van der Waals surface area contributed by atoms with E-state index in [4.69, 9.17) is 11.6 Å². The fourth-order valence-corrected chi connectivity index (χ4v) is 2.44. The van der Waals surface area contributed by atoms with Gasteiger partial charge in [0.2, 0.25) is 0 Å². The molecular formula is C13H12ClN3O. The molecule has 2 aromatic rings. The molecule has 1 aromatic carbocycles. The number of hydrogen-bond donors (Lipinski definition) is 2. The SMILES string of the molecule is O=c1[nH]ncc(NCC2Cc3ccccc32)c1Cl. The average molecular weight is 262 g/mol. The third-order valence-electron chi connectivity index (χ3n) is 3.30. The normalized spacial score (nSPS) is 16.8. The quantitative estimate of drug-likeness (QED) is 0.890. The summed E-state index contributed by atoms with van der Waals surface area (Å²) >= 11 is 5.89. The molecule has 5 heteroatoms. The van der Waals surface area contributed by atoms with Crippen molar-refractivity contribution in [3.05, 3.63) is 57.0 Å². The van der Waals surface area contributed by atoms with Crippen LogP contribution in [0.5, 0.6) is 0 Å². The van der Waals surface area contributed by atoms with Crippen LogP contribution in [0.2, 0.25) is 5.02 Å². The molecule has 0 saturated carbocycles. The fraction of sp³-hybridized carbons (Fsp3) is 0.231. The van der Waals surface area contributed by atoms with Crippen LogP contribution >= 0.6 is 11.6 Å². The van der Waals surface area contributed by atoms with E-state index in [0.29, 0.717) is 11.6 Å². The van der Waals surface area contributed by atoms with Gasteiger partial charge in [0.15, 0.2) is 0 Å². The highest BCUT2D eigenvalue weighted by atomic mass is 35.5. The van der Waals surface area contributed by atoms with Crippen molar-refractivity contribution in [2.45, 2.75) is 12.3 Å². The summed E-state index contributed by atoms with van der Waals surface area (Å²) in [6.07, 6.45) is 2.60. The molecule has 0 aliphatic heterocycles. The third-order valence-corrected chi connectivity index (χ3v) is 3.67. The van der Waals surface area contributed by atoms with E-state index in [9.17, 15) is 4.79 Å². The van der Waals surface area contributed by atoms with E-state index in [1.807, 2.05) is 6.07 Å². The number of anilines is 1. The van der Waals surface area contributed by atoms with Gasteiger partial charge in [-0.15, -0.1) is 0 Å². The van der Waals surface area contributed by atoms with Gasteiger partial charge >= 0.3 is 0 Å². The summed E-state index contributed by atoms with van der Waals surface area (Å²) in [7, 11) is 0. The molecule has 0 fully saturated rings. The zero-order valence-electron chi connectivity index (χ0n) is 9.61. The number of aromatic amines is 1. The lowest BCUT2D eigenvalue weighted by Gasteiger charge is -2.30. The summed E-state index contributed by atoms with van der Waals surface area (Å²) in [5.41, 5.74) is 3.00. The molecule has 2 N–H and O–H groups in total. The molecule has 4 nitrogen and oxygen atoms in total. The Bertz CT molecular complexity index is 638. The first kappa shape index (κ1) is 11.3. The summed E-state index contributed by atoms with van der Waals surface area (Å²) in [6.45, 7) is 0.766. The van der Waals surface area contributed by atoms with Crippen molar-refractivity contribution in [1.82, 2.24) is 10.2 Å². The van der Waals surface area contributed by atoms with E-state index in [1.165, 1.54) is 17.3 Å². The second kappa shape index (κ2) is 4.46. The van der Waals surface area contributed by atoms with Gasteiger partial charge in [0.05, 0.1) is 11.9 Å². The number of aromatic nitrogens is 2. The monoisotopic (exact) mass is 261 g/mol. The van der Waals surface area contributed by atoms with Crippen molar-refractivity contribution in [3.63, 3.8) is 0 Å². The predicted molar refractivity (Wildman–Crippen MR) is 71.2 cm³/mol. The van der Waals surface area contributed by atoms with Gasteiger partial charge in [0, 0.05) is 12.5 Å². The largest absolute Gasteiger partial charge is 0.382 e. The molecular weight excluding hydrogens is 250 g/mol. The van der Waals surface area contributed by atoms with Crippen LogP contribution in [0, 0.1) is 0 Å². The van der Waals surface area contributed by atoms with E-state index in [2.05, 4.69) is 33.7 Å². The van der Waals surface area contributed by atoms with Gasteiger partial charge in [-0.1, -0.05) is 35.9 Å². The number of halogens is 1. The molecule has 0 bridgehead atoms. The highest BCUT2D eigenvalue weighted by molar-refractivity contribution is 6.32. The lowest BCUT2D eigenvalue weighted by Crippen LogP contribution is -2.25. The lowest BCUT2D eigenvalue weighted by molar-refractivity contribution is 0.635. The molecule has 1 aliphatic carbocycles. The molecule has 1 atom stereocenters. The Morgan fingerprint density at radius 2 is 2.28 bits per heavy atom. The van der Waals surface area contributed by atoms with E-state index >= 15 is 0 Å². The topological polar surface area (TPSA) is 57.8 Å². The van der Waals surface area contributed by atoms with Crippen molar-refractivity contribution >= 4 is 17.3 Å². The van der Waals surface area contributed by atoms with Crippen LogP contribution in [0.1, 0.15) is 17.0 Å². The van der Waals surface area contributed by atoms with E-state index in [-0.39, 0.29) is 10.6 Å². The Kier molecular flexibility index (Phi) is 2.80. The van der Waals surface area contributed by atoms with Crippen molar-refractivity contribution < 1.29 is 0 Å². The predicted octanol–water partition coefficient (Wildman–Crippen LogP) is 2.18. The van der Waals surface area contributed by atoms with Gasteiger partial charge in [-0.3, -0.25) is 4.79 Å². The van der Waals surface area contributed by atoms with Crippen LogP contribution in [0.3, 0.4) is 0 Å². The lowest BCUT2D eigenvalue weighted by atomic mass is 9.77. The number of fused-ring (bicyclic) bond motifs is 1. The third kappa shape index (κ3) is 1.88. The van der Waals surface area contributed by atoms with Crippen LogP contribution in [-0.2, 0) is 6.42 Å². The second-order valence-electron chi connectivity index (χ2n) is 4.41. The standard InChI is InChI=1S/C13H12ClN3O/c14-12-11(7-16-17-13(12)18)15-6-9-5-8-3-1-2-4-10(8)9/h1-4,7,9H,5-6H2,(H2,15,17,18). The molecule has 3 rings (SSSR count). The molecule has 1 aromatic heterocycles. The number of hydrogen-bond acceptors (Lipinski definition) is 3. The molecule has 18 heavy (non-hydrogen) atoms. The first-order valence-corrected chi connectivity index (χ1v) is 6.18. The highest BCUT2D eigenvalue weighted by Gasteiger charge is 2.25. The van der Waals surface area contributed by atoms with Gasteiger partial charge < -0.3 is 5.32 Å². The first-order chi connectivity index (χ1) is 8.75. The average Bonchev–Trinajstić information content (AvgIpc) is 2.35. The zero-order valence-corrected chi connectivity index (χ0v) is 10.4. The maximum absolute atomic E-state index is 11.3. The molecule has 1 aliphatic rings. The van der Waals surface area contributed by atoms with Gasteiger partial charge in [-0.05, 0) is 17.5 Å². The van der Waals surface area contributed by atoms with Gasteiger partial charge in [0.1, 0.15) is 5.02 Å². The second-order valence-corrected chi connectivity index (χ2v) is 4.79. The number of nitrogens with one attached hydrogen (secondary N) is 2. The zero-order chi connectivity index (χ0) is 12.5. The van der Waals surface area contributed by atoms with Crippen LogP contribution < -0.4 is 10.9 Å². The van der Waals surface area contributed by atoms with E-state index < -0.39 is 0 Å². The summed E-state index contributed by atoms with van der Waals surface area (Å²) in [5, 5.41) is 9.37. The molecule has 0 spiro atoms. The van der Waals surface area contributed by atoms with Crippen LogP contribution in [0.4, 0.5) is 5.69 Å². The van der Waals surface area contributed by atoms with Crippen LogP contribution in [0.15, 0.2) is 35.3 Å². The smallest absolute Gasteiger partial charge is 0.285 e. The number of rotatable bonds is 3. The molecule has 0 amide bonds. The number of H-pyrrole nitrogens is 1. The minimum absolute atomic E-state index is 0.164. The van der Waals surface area contributed by atoms with Crippen LogP contribution in [0.25, 0.3) is 0 Å². The highest BCUT2D eigenvalue weighted by Crippen LogP contribution is 2.34. The Balaban J connectivity index is 1.70. The molecule has 1 unspecified atom stereocenters. The van der Waals surface area contributed by atoms with Crippen molar-refractivity contribution in [2.75, 3.05) is 11.9 Å². The molecule has 0 radical (unpaired) electrons. The summed E-state index contributed by atoms with van der Waals surface area (Å²) in [4.78, 5) is 11.3. The number of nitrogens with zero attached hydrogens (tertiary/aromatic N) is 1. The van der Waals surface area contributed by atoms with E-state index in [1.54, 1.807) is 0 Å². The Morgan fingerprint density at radius 3 is 3.11 bits per heavy atom. The van der Waals surface area contributed by atoms with E-state index in [0.717, 1.165) is 13.0 Å². The Labute approximate surface area is 109 Å². The van der Waals surface area contributed by atoms with Crippen molar-refractivity contribution in [1.29, 1.82) is 0 Å². The van der Waals surface area contributed by atoms with Gasteiger partial charge in [-0.25, -0.2) is 5.10 Å². The van der Waals surface area contributed by atoms with Crippen LogP contribution in [-0.4, -0.2) is 16.7 Å². The van der Waals surface area contributed by atoms with Gasteiger partial charge in [-0.2, -0.15) is 5.10 Å². The maximum Gasteiger partial charge on any atom is 0.285 e. The molecule has 0 saturated heterocycles. The number of benzene rings is 1. The fourth-order valence-electron chi connectivity index (χ4n) is 2.28. The van der Waals surface area contributed by atoms with Crippen molar-refractivity contribution in [2.24, 2.45) is 0 Å². The maximum atomic E-state index is 11.3. The summed E-state index contributed by atoms with van der Waals surface area (Å²) in [6, 6.07) is 8.39. The van der Waals surface area contributed by atoms with Crippen molar-refractivity contribution in [3.8, 4) is 0 Å². The minimum atomic E-state index is -0.365. The van der Waals surface area contributed by atoms with Gasteiger partial charge in [0.25, 0.3) is 5.56 Å². The minimum Gasteiger partial charge on any atom is -0.382 e. The summed E-state index contributed by atoms with van der Waals surface area (Å²) in [5.74, 6) is 0.483. The summed E-state index contributed by atoms with van der Waals surface area (Å²) < 4.78 is 0. The first-order valence-electron chi connectivity index (χ1n) is 5.80. The molecule has 1 heterocycles.